The molecule has 1 saturated carbocycles. The first kappa shape index (κ1) is 44.9. The van der Waals surface area contributed by atoms with Crippen molar-refractivity contribution in [1.82, 2.24) is 4.90 Å². The third kappa shape index (κ3) is 10.6. The van der Waals surface area contributed by atoms with Gasteiger partial charge >= 0.3 is 0 Å². The average molecular weight is 838 g/mol. The highest BCUT2D eigenvalue weighted by Crippen LogP contribution is 2.59. The quantitative estimate of drug-likeness (QED) is 0.0707. The summed E-state index contributed by atoms with van der Waals surface area (Å²) in [4.78, 5) is 16.9. The number of rotatable bonds is 15. The number of methoxy groups -OCH3 is 2. The number of allylic oxidation sites excluding steroid dienone is 2. The lowest BCUT2D eigenvalue weighted by molar-refractivity contribution is -0.0924. The number of carbonyl (C=O) groups excluding carboxylic acids is 1. The summed E-state index contributed by atoms with van der Waals surface area (Å²) in [5.41, 5.74) is 6.47. The number of hydrogen-bond acceptors (Lipinski definition) is 8. The topological polar surface area (TPSA) is 109 Å². The van der Waals surface area contributed by atoms with Gasteiger partial charge in [0.05, 0.1) is 45.2 Å². The molecule has 5 atom stereocenters. The molecule has 0 spiro atoms. The van der Waals surface area contributed by atoms with Crippen LogP contribution in [0, 0.1) is 5.41 Å². The SMILES string of the molecule is COc1ccc(CN(C[C@@H](O)COCc2ccccc2)C[C@]2(O)CC[C@H]3c4ccc(cc4C(=O)c4ccc(-c5ccccc5)cc4)C[C@@H](O)CCC(C)=CCC[C@@]32C)c(OC)c1. The van der Waals surface area contributed by atoms with Crippen molar-refractivity contribution in [3.8, 4) is 22.6 Å². The minimum atomic E-state index is -1.20. The third-order valence-electron chi connectivity index (χ3n) is 13.4. The van der Waals surface area contributed by atoms with Gasteiger partial charge in [-0.1, -0.05) is 122 Å². The zero-order chi connectivity index (χ0) is 43.7. The van der Waals surface area contributed by atoms with Gasteiger partial charge in [0.2, 0.25) is 0 Å². The smallest absolute Gasteiger partial charge is 0.193 e. The maximum atomic E-state index is 14.8. The van der Waals surface area contributed by atoms with Gasteiger partial charge in [0.1, 0.15) is 11.5 Å². The Balaban J connectivity index is 1.23. The first-order chi connectivity index (χ1) is 30.0. The van der Waals surface area contributed by atoms with Crippen LogP contribution in [0.25, 0.3) is 11.1 Å². The van der Waals surface area contributed by atoms with Crippen molar-refractivity contribution in [2.75, 3.05) is 33.9 Å². The second-order valence-electron chi connectivity index (χ2n) is 17.7. The van der Waals surface area contributed by atoms with Gasteiger partial charge in [-0.25, -0.2) is 0 Å². The highest BCUT2D eigenvalue weighted by atomic mass is 16.5. The molecule has 0 aliphatic heterocycles. The molecule has 0 amide bonds. The molecule has 0 heterocycles. The second kappa shape index (κ2) is 20.4. The Kier molecular flexibility index (Phi) is 14.8. The molecule has 3 aliphatic carbocycles. The van der Waals surface area contributed by atoms with Crippen molar-refractivity contribution in [3.05, 3.63) is 166 Å². The van der Waals surface area contributed by atoms with Gasteiger partial charge in [-0.15, -0.1) is 0 Å². The number of aliphatic hydroxyl groups excluding tert-OH is 2. The fourth-order valence-electron chi connectivity index (χ4n) is 9.81. The molecular weight excluding hydrogens is 775 g/mol. The van der Waals surface area contributed by atoms with Crippen LogP contribution in [0.5, 0.6) is 11.5 Å². The molecule has 8 rings (SSSR count). The summed E-state index contributed by atoms with van der Waals surface area (Å²) in [7, 11) is 3.26. The van der Waals surface area contributed by atoms with Crippen LogP contribution in [0.1, 0.15) is 96.5 Å². The zero-order valence-electron chi connectivity index (χ0n) is 36.8. The molecule has 5 aromatic carbocycles. The highest BCUT2D eigenvalue weighted by molar-refractivity contribution is 6.10. The normalized spacial score (nSPS) is 22.1. The van der Waals surface area contributed by atoms with Crippen LogP contribution in [0.2, 0.25) is 0 Å². The van der Waals surface area contributed by atoms with E-state index in [2.05, 4.69) is 49.1 Å². The fraction of sp³-hybridized carbons (Fsp3) is 0.389. The number of ketones is 1. The Morgan fingerprint density at radius 1 is 0.855 bits per heavy atom. The van der Waals surface area contributed by atoms with E-state index in [1.54, 1.807) is 14.2 Å². The minimum Gasteiger partial charge on any atom is -0.497 e. The van der Waals surface area contributed by atoms with Crippen molar-refractivity contribution < 1.29 is 34.3 Å². The summed E-state index contributed by atoms with van der Waals surface area (Å²) in [5, 5.41) is 36.0. The second-order valence-corrected chi connectivity index (χ2v) is 17.7. The van der Waals surface area contributed by atoms with Gasteiger partial charge in [-0.3, -0.25) is 9.69 Å². The number of nitrogens with zero attached hydrogens (tertiary/aromatic N) is 1. The van der Waals surface area contributed by atoms with E-state index in [-0.39, 0.29) is 31.4 Å². The molecule has 0 saturated heterocycles. The molecule has 0 unspecified atom stereocenters. The van der Waals surface area contributed by atoms with Gasteiger partial charge in [-0.2, -0.15) is 0 Å². The minimum absolute atomic E-state index is 0.0663. The molecule has 5 aromatic rings. The summed E-state index contributed by atoms with van der Waals surface area (Å²) in [6.07, 6.45) is 5.34. The van der Waals surface area contributed by atoms with E-state index in [0.717, 1.165) is 46.2 Å². The van der Waals surface area contributed by atoms with E-state index >= 15 is 0 Å². The molecule has 8 nitrogen and oxygen atoms in total. The van der Waals surface area contributed by atoms with E-state index in [0.29, 0.717) is 67.9 Å². The summed E-state index contributed by atoms with van der Waals surface area (Å²) in [6, 6.07) is 39.8. The Labute approximate surface area is 367 Å². The Morgan fingerprint density at radius 3 is 2.31 bits per heavy atom. The zero-order valence-corrected chi connectivity index (χ0v) is 36.8. The predicted octanol–water partition coefficient (Wildman–Crippen LogP) is 9.72. The van der Waals surface area contributed by atoms with Crippen LogP contribution < -0.4 is 9.47 Å². The summed E-state index contributed by atoms with van der Waals surface area (Å²) >= 11 is 0. The summed E-state index contributed by atoms with van der Waals surface area (Å²) < 4.78 is 17.3. The van der Waals surface area contributed by atoms with Crippen LogP contribution >= 0.6 is 0 Å². The number of aliphatic hydroxyl groups is 3. The van der Waals surface area contributed by atoms with Crippen LogP contribution in [0.3, 0.4) is 0 Å². The predicted molar refractivity (Wildman–Crippen MR) is 246 cm³/mol. The summed E-state index contributed by atoms with van der Waals surface area (Å²) in [6.45, 7) is 5.78. The van der Waals surface area contributed by atoms with Crippen LogP contribution in [0.4, 0.5) is 0 Å². The molecular formula is C54H63NO7. The molecule has 62 heavy (non-hydrogen) atoms. The highest BCUT2D eigenvalue weighted by Gasteiger charge is 2.57. The van der Waals surface area contributed by atoms with E-state index < -0.39 is 23.2 Å². The Hall–Kier alpha value is -5.09. The number of ether oxygens (including phenoxy) is 3. The van der Waals surface area contributed by atoms with Gasteiger partial charge in [-0.05, 0) is 97.7 Å². The monoisotopic (exact) mass is 837 g/mol. The molecule has 8 heteroatoms. The lowest BCUT2D eigenvalue weighted by Gasteiger charge is -2.46. The Bertz CT molecular complexity index is 2280. The first-order valence-corrected chi connectivity index (χ1v) is 22.1. The van der Waals surface area contributed by atoms with Crippen molar-refractivity contribution in [2.45, 2.75) is 95.7 Å². The average Bonchev–Trinajstić information content (AvgIpc) is 3.54. The van der Waals surface area contributed by atoms with Crippen molar-refractivity contribution in [2.24, 2.45) is 5.41 Å². The molecule has 0 aromatic heterocycles. The molecule has 326 valence electrons. The maximum absolute atomic E-state index is 14.8. The van der Waals surface area contributed by atoms with Crippen molar-refractivity contribution in [3.63, 3.8) is 0 Å². The van der Waals surface area contributed by atoms with Crippen LogP contribution in [-0.2, 0) is 24.3 Å². The van der Waals surface area contributed by atoms with Crippen LogP contribution in [0.15, 0.2) is 133 Å². The molecule has 3 aliphatic rings. The van der Waals surface area contributed by atoms with Gasteiger partial charge in [0.25, 0.3) is 0 Å². The maximum Gasteiger partial charge on any atom is 0.193 e. The van der Waals surface area contributed by atoms with E-state index in [4.69, 9.17) is 14.2 Å². The van der Waals surface area contributed by atoms with E-state index in [9.17, 15) is 20.1 Å². The van der Waals surface area contributed by atoms with Gasteiger partial charge < -0.3 is 29.5 Å². The lowest BCUT2D eigenvalue weighted by atomic mass is 9.64. The van der Waals surface area contributed by atoms with Crippen LogP contribution in [-0.4, -0.2) is 77.7 Å². The van der Waals surface area contributed by atoms with Gasteiger partial charge in [0, 0.05) is 47.8 Å². The van der Waals surface area contributed by atoms with E-state index in [1.165, 1.54) is 5.57 Å². The van der Waals surface area contributed by atoms with E-state index in [1.807, 2.05) is 97.1 Å². The number of hydrogen-bond donors (Lipinski definition) is 3. The summed E-state index contributed by atoms with van der Waals surface area (Å²) in [5.74, 6) is 1.12. The van der Waals surface area contributed by atoms with Crippen molar-refractivity contribution >= 4 is 5.78 Å². The fourth-order valence-corrected chi connectivity index (χ4v) is 9.81. The lowest BCUT2D eigenvalue weighted by Crippen LogP contribution is -2.53. The van der Waals surface area contributed by atoms with Crippen molar-refractivity contribution in [1.29, 1.82) is 0 Å². The number of carbonyl (C=O) groups is 1. The molecule has 2 bridgehead atoms. The number of fused-ring (bicyclic) bond motifs is 8. The molecule has 0 radical (unpaired) electrons. The Morgan fingerprint density at radius 2 is 1.58 bits per heavy atom. The third-order valence-corrected chi connectivity index (χ3v) is 13.4. The number of benzene rings is 5. The molecule has 1 fully saturated rings. The molecule has 3 N–H and O–H groups in total. The first-order valence-electron chi connectivity index (χ1n) is 22.1. The van der Waals surface area contributed by atoms with Gasteiger partial charge in [0.15, 0.2) is 5.78 Å². The standard InChI is InChI=1S/C54H63NO7/c1-38-12-11-28-53(2)50(48-26-18-40(30-45(56)24-17-38)31-49(48)52(58)43-21-19-42(20-22-43)41-15-9-6-10-16-41)27-29-54(53,59)37-55(33-44-23-25-47(60-3)32-51(44)61-4)34-46(57)36-62-35-39-13-7-5-8-14-39/h5-10,12-16,18-23,25-26,31-32,45-46,50,56-57,59H,11,17,24,27-30,33-37H2,1-4H3/t45-,46+,50-,53-,54+/m0/s1. The largest absolute Gasteiger partial charge is 0.497 e.